The summed E-state index contributed by atoms with van der Waals surface area (Å²) in [4.78, 5) is 26.5. The Morgan fingerprint density at radius 1 is 0.878 bits per heavy atom. The van der Waals surface area contributed by atoms with Crippen LogP contribution in [0.4, 0.5) is 0 Å². The van der Waals surface area contributed by atoms with E-state index in [0.29, 0.717) is 17.2 Å². The Morgan fingerprint density at radius 2 is 1.53 bits per heavy atom. The van der Waals surface area contributed by atoms with Crippen LogP contribution < -0.4 is 9.47 Å². The van der Waals surface area contributed by atoms with Crippen LogP contribution in [0.15, 0.2) is 102 Å². The molecule has 0 radical (unpaired) electrons. The monoisotopic (exact) mass is 697 g/mol. The SMILES string of the molecule is CC(C)c1ccccc1-c1sc2cc(OC(C)N3C(=O)c4ccccc4S3(O)O)ccc2c1Oc1ccc(/C=C/C(=O)OC(C)(C)C)cc1. The Hall–Kier alpha value is -4.61. The van der Waals surface area contributed by atoms with Gasteiger partial charge >= 0.3 is 5.97 Å². The zero-order chi connectivity index (χ0) is 35.1. The van der Waals surface area contributed by atoms with E-state index in [9.17, 15) is 18.7 Å². The molecular weight excluding hydrogens is 659 g/mol. The first-order valence-corrected chi connectivity index (χ1v) is 18.3. The van der Waals surface area contributed by atoms with E-state index >= 15 is 0 Å². The number of esters is 1. The molecule has 0 bridgehead atoms. The first-order valence-electron chi connectivity index (χ1n) is 16.0. The molecule has 1 aliphatic heterocycles. The van der Waals surface area contributed by atoms with Crippen molar-refractivity contribution in [1.82, 2.24) is 4.31 Å². The van der Waals surface area contributed by atoms with Crippen molar-refractivity contribution in [2.24, 2.45) is 0 Å². The second kappa shape index (κ2) is 13.4. The molecule has 8 nitrogen and oxygen atoms in total. The van der Waals surface area contributed by atoms with Gasteiger partial charge in [0.15, 0.2) is 12.0 Å². The number of thiophene rings is 1. The molecule has 0 aliphatic carbocycles. The number of carbonyl (C=O) groups is 2. The predicted molar refractivity (Wildman–Crippen MR) is 197 cm³/mol. The Morgan fingerprint density at radius 3 is 2.20 bits per heavy atom. The molecule has 1 atom stereocenters. The molecule has 0 saturated heterocycles. The largest absolute Gasteiger partial charge is 0.469 e. The molecule has 1 aliphatic rings. The summed E-state index contributed by atoms with van der Waals surface area (Å²) in [5.74, 6) is 1.17. The average molecular weight is 698 g/mol. The van der Waals surface area contributed by atoms with E-state index in [1.54, 1.807) is 54.7 Å². The van der Waals surface area contributed by atoms with Crippen molar-refractivity contribution in [2.75, 3.05) is 0 Å². The Kier molecular flexibility index (Phi) is 9.34. The van der Waals surface area contributed by atoms with E-state index in [-0.39, 0.29) is 16.4 Å². The summed E-state index contributed by atoms with van der Waals surface area (Å²) in [6, 6.07) is 27.8. The van der Waals surface area contributed by atoms with E-state index < -0.39 is 34.5 Å². The number of hydrogen-bond acceptors (Lipinski definition) is 8. The maximum Gasteiger partial charge on any atom is 0.331 e. The summed E-state index contributed by atoms with van der Waals surface area (Å²) in [7, 11) is -3.55. The minimum atomic E-state index is -3.55. The number of amides is 1. The molecule has 1 aromatic heterocycles. The second-order valence-electron chi connectivity index (χ2n) is 13.1. The van der Waals surface area contributed by atoms with Gasteiger partial charge < -0.3 is 14.2 Å². The highest BCUT2D eigenvalue weighted by Crippen LogP contribution is 2.59. The lowest BCUT2D eigenvalue weighted by Crippen LogP contribution is -2.39. The first kappa shape index (κ1) is 34.3. The number of nitrogens with zero attached hydrogens (tertiary/aromatic N) is 1. The summed E-state index contributed by atoms with van der Waals surface area (Å²) in [6.07, 6.45) is 2.16. The predicted octanol–water partition coefficient (Wildman–Crippen LogP) is 10.7. The van der Waals surface area contributed by atoms with Crippen molar-refractivity contribution in [1.29, 1.82) is 0 Å². The van der Waals surface area contributed by atoms with Gasteiger partial charge in [0.25, 0.3) is 5.91 Å². The number of carbonyl (C=O) groups excluding carboxylic acids is 2. The molecule has 2 heterocycles. The number of hydrogen-bond donors (Lipinski definition) is 2. The van der Waals surface area contributed by atoms with Crippen molar-refractivity contribution < 1.29 is 32.9 Å². The first-order chi connectivity index (χ1) is 23.2. The summed E-state index contributed by atoms with van der Waals surface area (Å²) >= 11 is 1.57. The van der Waals surface area contributed by atoms with Gasteiger partial charge in [0.2, 0.25) is 0 Å². The normalized spacial score (nSPS) is 15.4. The molecule has 0 fully saturated rings. The number of fused-ring (bicyclic) bond motifs is 2. The van der Waals surface area contributed by atoms with Gasteiger partial charge in [-0.25, -0.2) is 4.79 Å². The van der Waals surface area contributed by atoms with Gasteiger partial charge in [0.1, 0.15) is 17.1 Å². The van der Waals surface area contributed by atoms with Crippen LogP contribution in [0.2, 0.25) is 0 Å². The van der Waals surface area contributed by atoms with E-state index in [1.807, 2.05) is 69.3 Å². The van der Waals surface area contributed by atoms with Gasteiger partial charge in [-0.1, -0.05) is 73.2 Å². The lowest BCUT2D eigenvalue weighted by Gasteiger charge is -2.39. The Bertz CT molecular complexity index is 2060. The van der Waals surface area contributed by atoms with Gasteiger partial charge in [-0.15, -0.1) is 11.3 Å². The number of ether oxygens (including phenoxy) is 3. The maximum absolute atomic E-state index is 13.2. The topological polar surface area (TPSA) is 106 Å². The van der Waals surface area contributed by atoms with Gasteiger partial charge in [-0.05, 0) is 98.8 Å². The van der Waals surface area contributed by atoms with Crippen LogP contribution >= 0.6 is 22.1 Å². The van der Waals surface area contributed by atoms with Crippen molar-refractivity contribution in [2.45, 2.75) is 64.2 Å². The van der Waals surface area contributed by atoms with Crippen molar-refractivity contribution in [3.05, 3.63) is 114 Å². The third kappa shape index (κ3) is 7.09. The van der Waals surface area contributed by atoms with Crippen LogP contribution in [0.5, 0.6) is 17.2 Å². The summed E-state index contributed by atoms with van der Waals surface area (Å²) < 4.78 is 42.1. The highest BCUT2D eigenvalue weighted by molar-refractivity contribution is 8.23. The fourth-order valence-corrected chi connectivity index (χ4v) is 8.63. The molecule has 0 spiro atoms. The Labute approximate surface area is 292 Å². The summed E-state index contributed by atoms with van der Waals surface area (Å²) in [6.45, 7) is 11.4. The second-order valence-corrected chi connectivity index (χ2v) is 16.0. The van der Waals surface area contributed by atoms with E-state index in [1.165, 1.54) is 11.6 Å². The van der Waals surface area contributed by atoms with E-state index in [0.717, 1.165) is 30.4 Å². The molecule has 5 aromatic rings. The third-order valence-corrected chi connectivity index (χ3v) is 11.0. The van der Waals surface area contributed by atoms with Crippen molar-refractivity contribution in [3.8, 4) is 27.7 Å². The average Bonchev–Trinajstić information content (AvgIpc) is 3.50. The van der Waals surface area contributed by atoms with Crippen LogP contribution in [0.25, 0.3) is 26.6 Å². The lowest BCUT2D eigenvalue weighted by atomic mass is 9.96. The fourth-order valence-electron chi connectivity index (χ4n) is 5.72. The minimum Gasteiger partial charge on any atom is -0.469 e. The van der Waals surface area contributed by atoms with E-state index in [2.05, 4.69) is 26.0 Å². The molecule has 4 aromatic carbocycles. The van der Waals surface area contributed by atoms with Gasteiger partial charge in [0.05, 0.1) is 15.3 Å². The van der Waals surface area contributed by atoms with E-state index in [4.69, 9.17) is 14.2 Å². The van der Waals surface area contributed by atoms with Crippen molar-refractivity contribution in [3.63, 3.8) is 0 Å². The molecule has 254 valence electrons. The number of benzene rings is 4. The standard InChI is InChI=1S/C39H39NO7S2/c1-24(2)29-11-7-8-12-30(29)37-36(46-27-18-15-26(16-19-27)17-22-35(41)47-39(4,5)6)31-21-20-28(23-33(31)48-37)45-25(3)40-38(42)32-13-9-10-14-34(32)49(40,43)44/h7-25,43-44H,1-6H3/b22-17+. The molecule has 6 rings (SSSR count). The zero-order valence-electron chi connectivity index (χ0n) is 28.2. The lowest BCUT2D eigenvalue weighted by molar-refractivity contribution is -0.148. The highest BCUT2D eigenvalue weighted by atomic mass is 32.3. The molecule has 2 N–H and O–H groups in total. The quantitative estimate of drug-likeness (QED) is 0.117. The third-order valence-electron chi connectivity index (χ3n) is 7.89. The molecule has 1 unspecified atom stereocenters. The van der Waals surface area contributed by atoms with Crippen LogP contribution in [-0.4, -0.2) is 37.1 Å². The zero-order valence-corrected chi connectivity index (χ0v) is 29.8. The van der Waals surface area contributed by atoms with Gasteiger partial charge in [0, 0.05) is 16.2 Å². The molecular formula is C39H39NO7S2. The Balaban J connectivity index is 1.32. The number of rotatable bonds is 9. The molecule has 10 heteroatoms. The smallest absolute Gasteiger partial charge is 0.331 e. The van der Waals surface area contributed by atoms with Crippen LogP contribution in [-0.2, 0) is 9.53 Å². The molecule has 0 saturated carbocycles. The van der Waals surface area contributed by atoms with Crippen LogP contribution in [0.3, 0.4) is 0 Å². The van der Waals surface area contributed by atoms with Gasteiger partial charge in [-0.3, -0.25) is 13.9 Å². The summed E-state index contributed by atoms with van der Waals surface area (Å²) in [5.41, 5.74) is 2.77. The minimum absolute atomic E-state index is 0.200. The highest BCUT2D eigenvalue weighted by Gasteiger charge is 2.44. The molecule has 1 amide bonds. The summed E-state index contributed by atoms with van der Waals surface area (Å²) in [5, 5.41) is 0.876. The van der Waals surface area contributed by atoms with Crippen molar-refractivity contribution >= 4 is 50.2 Å². The van der Waals surface area contributed by atoms with Crippen LogP contribution in [0, 0.1) is 0 Å². The maximum atomic E-state index is 13.2. The molecule has 49 heavy (non-hydrogen) atoms. The van der Waals surface area contributed by atoms with Crippen LogP contribution in [0.1, 0.15) is 68.9 Å². The van der Waals surface area contributed by atoms with Gasteiger partial charge in [-0.2, -0.15) is 4.31 Å². The fraction of sp³-hybridized carbons (Fsp3) is 0.231.